The van der Waals surface area contributed by atoms with Crippen LogP contribution in [0.3, 0.4) is 0 Å². The highest BCUT2D eigenvalue weighted by atomic mass is 32.2. The van der Waals surface area contributed by atoms with Gasteiger partial charge in [0.15, 0.2) is 15.8 Å². The molecule has 0 bridgehead atoms. The van der Waals surface area contributed by atoms with Crippen LogP contribution in [0.15, 0.2) is 22.5 Å². The number of thiazole rings is 1. The Labute approximate surface area is 123 Å². The average Bonchev–Trinajstić information content (AvgIpc) is 3.01. The second-order valence-corrected chi connectivity index (χ2v) is 6.40. The van der Waals surface area contributed by atoms with Crippen molar-refractivity contribution in [2.75, 3.05) is 6.79 Å². The van der Waals surface area contributed by atoms with Gasteiger partial charge in [0, 0.05) is 5.75 Å². The number of fused-ring (bicyclic) bond motifs is 1. The zero-order chi connectivity index (χ0) is 14.1. The van der Waals surface area contributed by atoms with Gasteiger partial charge >= 0.3 is 5.97 Å². The van der Waals surface area contributed by atoms with Crippen LogP contribution in [0.25, 0.3) is 0 Å². The molecule has 0 atom stereocenters. The van der Waals surface area contributed by atoms with E-state index in [1.807, 2.05) is 18.2 Å². The average molecular weight is 309 g/mol. The Hall–Kier alpha value is -1.73. The Balaban J connectivity index is 1.70. The molecule has 0 radical (unpaired) electrons. The van der Waals surface area contributed by atoms with Gasteiger partial charge in [0.2, 0.25) is 6.79 Å². The maximum absolute atomic E-state index is 11.0. The van der Waals surface area contributed by atoms with E-state index in [2.05, 4.69) is 4.98 Å². The fourth-order valence-electron chi connectivity index (χ4n) is 1.81. The molecule has 1 N–H and O–H groups in total. The van der Waals surface area contributed by atoms with Crippen LogP contribution >= 0.6 is 23.1 Å². The molecule has 0 amide bonds. The highest BCUT2D eigenvalue weighted by Crippen LogP contribution is 2.35. The number of carbonyl (C=O) groups is 1. The highest BCUT2D eigenvalue weighted by Gasteiger charge is 2.16. The first-order chi connectivity index (χ1) is 9.63. The van der Waals surface area contributed by atoms with Gasteiger partial charge in [-0.3, -0.25) is 0 Å². The predicted molar refractivity (Wildman–Crippen MR) is 75.9 cm³/mol. The van der Waals surface area contributed by atoms with E-state index in [0.29, 0.717) is 16.3 Å². The van der Waals surface area contributed by atoms with Gasteiger partial charge in [-0.2, -0.15) is 0 Å². The summed E-state index contributed by atoms with van der Waals surface area (Å²) in [6.45, 7) is 1.98. The van der Waals surface area contributed by atoms with E-state index >= 15 is 0 Å². The molecule has 1 aromatic heterocycles. The molecule has 0 aliphatic carbocycles. The van der Waals surface area contributed by atoms with E-state index in [1.165, 1.54) is 23.1 Å². The number of carboxylic acids is 1. The highest BCUT2D eigenvalue weighted by molar-refractivity contribution is 8.00. The van der Waals surface area contributed by atoms with Gasteiger partial charge in [0.25, 0.3) is 0 Å². The van der Waals surface area contributed by atoms with Crippen LogP contribution in [-0.2, 0) is 5.75 Å². The third-order valence-electron chi connectivity index (χ3n) is 2.77. The molecule has 2 aromatic rings. The smallest absolute Gasteiger partial charge is 0.347 e. The first kappa shape index (κ1) is 13.3. The Morgan fingerprint density at radius 2 is 2.25 bits per heavy atom. The summed E-state index contributed by atoms with van der Waals surface area (Å²) in [6.07, 6.45) is 0. The number of hydrogen-bond donors (Lipinski definition) is 1. The number of benzene rings is 1. The van der Waals surface area contributed by atoms with Crippen LogP contribution in [0, 0.1) is 6.92 Å². The van der Waals surface area contributed by atoms with Crippen molar-refractivity contribution in [3.05, 3.63) is 34.3 Å². The minimum Gasteiger partial charge on any atom is -0.477 e. The Morgan fingerprint density at radius 3 is 3.00 bits per heavy atom. The van der Waals surface area contributed by atoms with Crippen molar-refractivity contribution in [2.24, 2.45) is 0 Å². The summed E-state index contributed by atoms with van der Waals surface area (Å²) in [7, 11) is 0. The lowest BCUT2D eigenvalue weighted by atomic mass is 10.2. The van der Waals surface area contributed by atoms with E-state index in [4.69, 9.17) is 14.6 Å². The van der Waals surface area contributed by atoms with Gasteiger partial charge < -0.3 is 14.6 Å². The van der Waals surface area contributed by atoms with Crippen molar-refractivity contribution in [3.63, 3.8) is 0 Å². The Morgan fingerprint density at radius 1 is 1.45 bits per heavy atom. The van der Waals surface area contributed by atoms with E-state index in [9.17, 15) is 4.79 Å². The maximum atomic E-state index is 11.0. The molecule has 0 saturated carbocycles. The second-order valence-electron chi connectivity index (χ2n) is 4.18. The molecule has 2 heterocycles. The molecule has 1 aliphatic heterocycles. The van der Waals surface area contributed by atoms with Crippen molar-refractivity contribution in [2.45, 2.75) is 17.0 Å². The standard InChI is InChI=1S/C13H11NO4S2/c1-7-11(12(15)16)20-13(14-7)19-5-8-2-3-9-10(4-8)18-6-17-9/h2-4H,5-6H2,1H3,(H,15,16). The number of aromatic carboxylic acids is 1. The fourth-order valence-corrected chi connectivity index (χ4v) is 3.78. The predicted octanol–water partition coefficient (Wildman–Crippen LogP) is 3.17. The topological polar surface area (TPSA) is 68.7 Å². The summed E-state index contributed by atoms with van der Waals surface area (Å²) >= 11 is 2.73. The summed E-state index contributed by atoms with van der Waals surface area (Å²) < 4.78 is 11.3. The number of aromatic nitrogens is 1. The molecule has 0 spiro atoms. The fraction of sp³-hybridized carbons (Fsp3) is 0.231. The summed E-state index contributed by atoms with van der Waals surface area (Å²) in [5, 5.41) is 9.00. The summed E-state index contributed by atoms with van der Waals surface area (Å²) in [5.41, 5.74) is 1.65. The van der Waals surface area contributed by atoms with Crippen molar-refractivity contribution < 1.29 is 19.4 Å². The number of rotatable bonds is 4. The molecule has 1 aliphatic rings. The minimum absolute atomic E-state index is 0.263. The SMILES string of the molecule is Cc1nc(SCc2ccc3c(c2)OCO3)sc1C(=O)O. The summed E-state index contributed by atoms with van der Waals surface area (Å²) in [5.74, 6) is 1.31. The van der Waals surface area contributed by atoms with Crippen LogP contribution in [0.5, 0.6) is 11.5 Å². The maximum Gasteiger partial charge on any atom is 0.347 e. The van der Waals surface area contributed by atoms with Crippen LogP contribution in [0.2, 0.25) is 0 Å². The van der Waals surface area contributed by atoms with Gasteiger partial charge in [-0.05, 0) is 24.6 Å². The number of nitrogens with zero attached hydrogens (tertiary/aromatic N) is 1. The van der Waals surface area contributed by atoms with Crippen LogP contribution in [-0.4, -0.2) is 22.9 Å². The molecular formula is C13H11NO4S2. The summed E-state index contributed by atoms with van der Waals surface area (Å²) in [4.78, 5) is 15.5. The van der Waals surface area contributed by atoms with Gasteiger partial charge in [-0.15, -0.1) is 11.3 Å². The number of aryl methyl sites for hydroxylation is 1. The minimum atomic E-state index is -0.921. The Kier molecular flexibility index (Phi) is 3.54. The molecule has 1 aromatic carbocycles. The van der Waals surface area contributed by atoms with Crippen LogP contribution in [0.4, 0.5) is 0 Å². The first-order valence-electron chi connectivity index (χ1n) is 5.85. The lowest BCUT2D eigenvalue weighted by Gasteiger charge is -2.01. The lowest BCUT2D eigenvalue weighted by molar-refractivity contribution is 0.0701. The quantitative estimate of drug-likeness (QED) is 0.875. The normalized spacial score (nSPS) is 12.7. The molecular weight excluding hydrogens is 298 g/mol. The zero-order valence-corrected chi connectivity index (χ0v) is 12.2. The van der Waals surface area contributed by atoms with Crippen LogP contribution in [0.1, 0.15) is 20.9 Å². The molecule has 0 unspecified atom stereocenters. The second kappa shape index (κ2) is 5.34. The third kappa shape index (κ3) is 2.59. The molecule has 5 nitrogen and oxygen atoms in total. The summed E-state index contributed by atoms with van der Waals surface area (Å²) in [6, 6.07) is 5.79. The number of hydrogen-bond acceptors (Lipinski definition) is 6. The molecule has 0 saturated heterocycles. The van der Waals surface area contributed by atoms with Crippen molar-refractivity contribution in [1.82, 2.24) is 4.98 Å². The van der Waals surface area contributed by atoms with Crippen molar-refractivity contribution in [1.29, 1.82) is 0 Å². The molecule has 7 heteroatoms. The number of carboxylic acid groups (broad SMARTS) is 1. The van der Waals surface area contributed by atoms with Crippen molar-refractivity contribution in [3.8, 4) is 11.5 Å². The molecule has 104 valence electrons. The number of thioether (sulfide) groups is 1. The van der Waals surface area contributed by atoms with E-state index < -0.39 is 5.97 Å². The van der Waals surface area contributed by atoms with Gasteiger partial charge in [-0.1, -0.05) is 17.8 Å². The molecule has 20 heavy (non-hydrogen) atoms. The van der Waals surface area contributed by atoms with Gasteiger partial charge in [-0.25, -0.2) is 9.78 Å². The van der Waals surface area contributed by atoms with E-state index in [0.717, 1.165) is 21.4 Å². The first-order valence-corrected chi connectivity index (χ1v) is 7.66. The molecule has 0 fully saturated rings. The lowest BCUT2D eigenvalue weighted by Crippen LogP contribution is -1.94. The molecule has 3 rings (SSSR count). The Bertz CT molecular complexity index is 668. The largest absolute Gasteiger partial charge is 0.477 e. The monoisotopic (exact) mass is 309 g/mol. The van der Waals surface area contributed by atoms with E-state index in [1.54, 1.807) is 6.92 Å². The van der Waals surface area contributed by atoms with E-state index in [-0.39, 0.29) is 6.79 Å². The van der Waals surface area contributed by atoms with Gasteiger partial charge in [0.1, 0.15) is 4.88 Å². The zero-order valence-electron chi connectivity index (χ0n) is 10.6. The van der Waals surface area contributed by atoms with Crippen LogP contribution < -0.4 is 9.47 Å². The van der Waals surface area contributed by atoms with Crippen molar-refractivity contribution >= 4 is 29.1 Å². The van der Waals surface area contributed by atoms with Gasteiger partial charge in [0.05, 0.1) is 5.69 Å². The third-order valence-corrected chi connectivity index (χ3v) is 5.13. The number of ether oxygens (including phenoxy) is 2.